The maximum absolute atomic E-state index is 11.8. The van der Waals surface area contributed by atoms with Crippen LogP contribution in [0.3, 0.4) is 0 Å². The third-order valence-corrected chi connectivity index (χ3v) is 3.15. The number of nitrogens with two attached hydrogens (primary N) is 1. The number of carbonyl (C=O) groups excluding carboxylic acids is 2. The SMILES string of the molecule is COC(=O)[C@](C)(Cc1cccc(I)c1)NC(N)=O. The molecule has 0 aliphatic rings. The van der Waals surface area contributed by atoms with Crippen molar-refractivity contribution in [3.8, 4) is 0 Å². The molecule has 98 valence electrons. The van der Waals surface area contributed by atoms with Crippen LogP contribution in [0.4, 0.5) is 4.79 Å². The van der Waals surface area contributed by atoms with Crippen LogP contribution < -0.4 is 11.1 Å². The molecule has 3 N–H and O–H groups in total. The van der Waals surface area contributed by atoms with E-state index in [1.54, 1.807) is 6.92 Å². The summed E-state index contributed by atoms with van der Waals surface area (Å²) in [6.07, 6.45) is 0.319. The second-order valence-corrected chi connectivity index (χ2v) is 5.37. The summed E-state index contributed by atoms with van der Waals surface area (Å²) in [5, 5.41) is 2.44. The molecule has 0 fully saturated rings. The molecule has 1 aromatic carbocycles. The lowest BCUT2D eigenvalue weighted by atomic mass is 9.93. The molecule has 1 rings (SSSR count). The van der Waals surface area contributed by atoms with Crippen LogP contribution in [0, 0.1) is 3.57 Å². The van der Waals surface area contributed by atoms with Gasteiger partial charge in [-0.3, -0.25) is 0 Å². The van der Waals surface area contributed by atoms with Gasteiger partial charge in [-0.25, -0.2) is 9.59 Å². The van der Waals surface area contributed by atoms with Gasteiger partial charge < -0.3 is 15.8 Å². The van der Waals surface area contributed by atoms with Crippen molar-refractivity contribution in [2.45, 2.75) is 18.9 Å². The minimum Gasteiger partial charge on any atom is -0.467 e. The molecule has 0 unspecified atom stereocenters. The first kappa shape index (κ1) is 14.7. The van der Waals surface area contributed by atoms with Gasteiger partial charge in [0.1, 0.15) is 5.54 Å². The van der Waals surface area contributed by atoms with E-state index >= 15 is 0 Å². The number of primary amides is 1. The van der Waals surface area contributed by atoms with Crippen molar-refractivity contribution >= 4 is 34.6 Å². The molecule has 18 heavy (non-hydrogen) atoms. The summed E-state index contributed by atoms with van der Waals surface area (Å²) < 4.78 is 5.76. The number of esters is 1. The second kappa shape index (κ2) is 6.03. The number of ether oxygens (including phenoxy) is 1. The standard InChI is InChI=1S/C12H15IN2O3/c1-12(10(16)18-2,15-11(14)17)7-8-4-3-5-9(13)6-8/h3-6H,7H2,1-2H3,(H3,14,15,17)/t12-/m0/s1. The first-order valence-electron chi connectivity index (χ1n) is 5.28. The zero-order chi connectivity index (χ0) is 13.8. The van der Waals surface area contributed by atoms with E-state index in [-0.39, 0.29) is 0 Å². The largest absolute Gasteiger partial charge is 0.467 e. The summed E-state index contributed by atoms with van der Waals surface area (Å²) in [7, 11) is 1.28. The highest BCUT2D eigenvalue weighted by Crippen LogP contribution is 2.17. The minimum atomic E-state index is -1.16. The molecule has 0 aromatic heterocycles. The fourth-order valence-corrected chi connectivity index (χ4v) is 2.33. The Bertz CT molecular complexity index is 464. The van der Waals surface area contributed by atoms with Crippen molar-refractivity contribution < 1.29 is 14.3 Å². The van der Waals surface area contributed by atoms with Crippen LogP contribution in [0.1, 0.15) is 12.5 Å². The second-order valence-electron chi connectivity index (χ2n) is 4.12. The van der Waals surface area contributed by atoms with Crippen molar-refractivity contribution in [2.75, 3.05) is 7.11 Å². The molecule has 1 atom stereocenters. The smallest absolute Gasteiger partial charge is 0.331 e. The third kappa shape index (κ3) is 3.86. The van der Waals surface area contributed by atoms with Crippen molar-refractivity contribution in [3.63, 3.8) is 0 Å². The highest BCUT2D eigenvalue weighted by atomic mass is 127. The lowest BCUT2D eigenvalue weighted by Crippen LogP contribution is -2.56. The van der Waals surface area contributed by atoms with Gasteiger partial charge in [0.2, 0.25) is 0 Å². The van der Waals surface area contributed by atoms with E-state index < -0.39 is 17.5 Å². The maximum Gasteiger partial charge on any atom is 0.331 e. The van der Waals surface area contributed by atoms with Gasteiger partial charge in [0.05, 0.1) is 7.11 Å². The zero-order valence-corrected chi connectivity index (χ0v) is 12.4. The molecule has 0 radical (unpaired) electrons. The van der Waals surface area contributed by atoms with Gasteiger partial charge in [-0.05, 0) is 47.2 Å². The highest BCUT2D eigenvalue weighted by Gasteiger charge is 2.35. The van der Waals surface area contributed by atoms with Crippen LogP contribution >= 0.6 is 22.6 Å². The van der Waals surface area contributed by atoms with Gasteiger partial charge in [-0.15, -0.1) is 0 Å². The van der Waals surface area contributed by atoms with E-state index in [4.69, 9.17) is 10.5 Å². The molecule has 5 nitrogen and oxygen atoms in total. The summed E-state index contributed by atoms with van der Waals surface area (Å²) >= 11 is 2.18. The van der Waals surface area contributed by atoms with Crippen molar-refractivity contribution in [1.29, 1.82) is 0 Å². The number of halogens is 1. The van der Waals surface area contributed by atoms with Gasteiger partial charge >= 0.3 is 12.0 Å². The third-order valence-electron chi connectivity index (χ3n) is 2.48. The summed E-state index contributed by atoms with van der Waals surface area (Å²) in [5.74, 6) is -0.528. The monoisotopic (exact) mass is 362 g/mol. The van der Waals surface area contributed by atoms with Crippen LogP contribution in [-0.4, -0.2) is 24.6 Å². The van der Waals surface area contributed by atoms with E-state index in [0.717, 1.165) is 9.13 Å². The van der Waals surface area contributed by atoms with E-state index in [1.807, 2.05) is 24.3 Å². The molecule has 0 saturated heterocycles. The number of urea groups is 1. The maximum atomic E-state index is 11.8. The quantitative estimate of drug-likeness (QED) is 0.628. The van der Waals surface area contributed by atoms with Crippen LogP contribution in [-0.2, 0) is 16.0 Å². The van der Waals surface area contributed by atoms with Gasteiger partial charge in [-0.1, -0.05) is 12.1 Å². The van der Waals surface area contributed by atoms with Crippen LogP contribution in [0.15, 0.2) is 24.3 Å². The molecule has 0 saturated carbocycles. The average Bonchev–Trinajstić information content (AvgIpc) is 2.26. The van der Waals surface area contributed by atoms with Gasteiger partial charge in [0.15, 0.2) is 0 Å². The number of hydrogen-bond donors (Lipinski definition) is 2. The first-order chi connectivity index (χ1) is 8.37. The van der Waals surface area contributed by atoms with Gasteiger partial charge in [-0.2, -0.15) is 0 Å². The molecule has 0 spiro atoms. The van der Waals surface area contributed by atoms with Crippen LogP contribution in [0.5, 0.6) is 0 Å². The fraction of sp³-hybridized carbons (Fsp3) is 0.333. The lowest BCUT2D eigenvalue weighted by molar-refractivity contribution is -0.147. The van der Waals surface area contributed by atoms with Crippen molar-refractivity contribution in [3.05, 3.63) is 33.4 Å². The van der Waals surface area contributed by atoms with Gasteiger partial charge in [0.25, 0.3) is 0 Å². The Balaban J connectivity index is 2.98. The Morgan fingerprint density at radius 2 is 2.17 bits per heavy atom. The summed E-state index contributed by atoms with van der Waals surface area (Å²) in [6, 6.07) is 6.89. The molecule has 0 bridgehead atoms. The van der Waals surface area contributed by atoms with Crippen molar-refractivity contribution in [1.82, 2.24) is 5.32 Å². The van der Waals surface area contributed by atoms with Crippen molar-refractivity contribution in [2.24, 2.45) is 5.73 Å². The van der Waals surface area contributed by atoms with E-state index in [0.29, 0.717) is 6.42 Å². The molecule has 6 heteroatoms. The summed E-state index contributed by atoms with van der Waals surface area (Å²) in [4.78, 5) is 22.8. The van der Waals surface area contributed by atoms with Crippen LogP contribution in [0.25, 0.3) is 0 Å². The number of rotatable bonds is 4. The summed E-state index contributed by atoms with van der Waals surface area (Å²) in [6.45, 7) is 1.59. The highest BCUT2D eigenvalue weighted by molar-refractivity contribution is 14.1. The number of methoxy groups -OCH3 is 1. The molecule has 1 aromatic rings. The Morgan fingerprint density at radius 3 is 2.67 bits per heavy atom. The topological polar surface area (TPSA) is 81.4 Å². The van der Waals surface area contributed by atoms with E-state index in [1.165, 1.54) is 7.11 Å². The van der Waals surface area contributed by atoms with Crippen LogP contribution in [0.2, 0.25) is 0 Å². The predicted octanol–water partition coefficient (Wildman–Crippen LogP) is 1.43. The predicted molar refractivity (Wildman–Crippen MR) is 76.0 cm³/mol. The Hall–Kier alpha value is -1.31. The number of nitrogens with one attached hydrogen (secondary N) is 1. The molecular formula is C12H15IN2O3. The van der Waals surface area contributed by atoms with Gasteiger partial charge in [0, 0.05) is 9.99 Å². The molecular weight excluding hydrogens is 347 g/mol. The zero-order valence-electron chi connectivity index (χ0n) is 10.2. The van der Waals surface area contributed by atoms with E-state index in [2.05, 4.69) is 27.9 Å². The Morgan fingerprint density at radius 1 is 1.50 bits per heavy atom. The normalized spacial score (nSPS) is 13.5. The number of benzene rings is 1. The number of amides is 2. The molecule has 0 heterocycles. The van der Waals surface area contributed by atoms with E-state index in [9.17, 15) is 9.59 Å². The number of hydrogen-bond acceptors (Lipinski definition) is 3. The Labute approximate surface area is 119 Å². The fourth-order valence-electron chi connectivity index (χ4n) is 1.72. The molecule has 2 amide bonds. The Kier molecular flexibility index (Phi) is 4.94. The first-order valence-corrected chi connectivity index (χ1v) is 6.36. The number of carbonyl (C=O) groups is 2. The minimum absolute atomic E-state index is 0.319. The average molecular weight is 362 g/mol. The lowest BCUT2D eigenvalue weighted by Gasteiger charge is -2.27. The summed E-state index contributed by atoms with van der Waals surface area (Å²) in [5.41, 5.74) is 4.85. The molecule has 0 aliphatic heterocycles. The molecule has 0 aliphatic carbocycles.